The van der Waals surface area contributed by atoms with Crippen LogP contribution in [0.3, 0.4) is 0 Å². The van der Waals surface area contributed by atoms with Crippen LogP contribution in [0.15, 0.2) is 17.3 Å². The van der Waals surface area contributed by atoms with Gasteiger partial charge in [-0.25, -0.2) is 29.0 Å². The van der Waals surface area contributed by atoms with Gasteiger partial charge in [0.15, 0.2) is 0 Å². The highest BCUT2D eigenvalue weighted by molar-refractivity contribution is 7.89. The smallest absolute Gasteiger partial charge is 0.243 e. The Bertz CT molecular complexity index is 531. The van der Waals surface area contributed by atoms with Crippen LogP contribution in [-0.2, 0) is 10.0 Å². The molecule has 1 aliphatic rings. The Morgan fingerprint density at radius 2 is 1.90 bits per heavy atom. The van der Waals surface area contributed by atoms with E-state index in [1.54, 1.807) is 0 Å². The average Bonchev–Trinajstić information content (AvgIpc) is 2.63. The van der Waals surface area contributed by atoms with Crippen LogP contribution in [0.1, 0.15) is 39.0 Å². The second-order valence-electron chi connectivity index (χ2n) is 5.32. The fourth-order valence-electron chi connectivity index (χ4n) is 2.42. The van der Waals surface area contributed by atoms with Crippen molar-refractivity contribution in [3.8, 4) is 0 Å². The molecule has 2 atom stereocenters. The maximum absolute atomic E-state index is 12.3. The fraction of sp³-hybridized carbons (Fsp3) is 0.667. The van der Waals surface area contributed by atoms with E-state index in [-0.39, 0.29) is 16.9 Å². The standard InChI is InChI=1S/C12H21N5O2S/c1-9-3-2-4-10(6-5-9)17-20(18,19)11-7-14-12(16-13)15-8-11/h7-10,17H,2-6,13H2,1H3,(H,14,15,16). The van der Waals surface area contributed by atoms with E-state index in [0.717, 1.165) is 32.1 Å². The minimum atomic E-state index is -3.56. The Labute approximate surface area is 119 Å². The normalized spacial score (nSPS) is 24.1. The third kappa shape index (κ3) is 3.87. The number of nitrogens with two attached hydrogens (primary N) is 1. The fourth-order valence-corrected chi connectivity index (χ4v) is 3.62. The molecule has 0 saturated heterocycles. The van der Waals surface area contributed by atoms with E-state index >= 15 is 0 Å². The first kappa shape index (κ1) is 15.1. The lowest BCUT2D eigenvalue weighted by Crippen LogP contribution is -2.34. The number of rotatable bonds is 4. The van der Waals surface area contributed by atoms with Crippen molar-refractivity contribution in [2.24, 2.45) is 11.8 Å². The first-order valence-corrected chi connectivity index (χ1v) is 8.30. The van der Waals surface area contributed by atoms with Crippen molar-refractivity contribution in [2.45, 2.75) is 50.0 Å². The molecule has 20 heavy (non-hydrogen) atoms. The van der Waals surface area contributed by atoms with E-state index in [0.29, 0.717) is 5.92 Å². The Hall–Kier alpha value is -1.25. The van der Waals surface area contributed by atoms with Gasteiger partial charge in [-0.2, -0.15) is 0 Å². The lowest BCUT2D eigenvalue weighted by Gasteiger charge is -2.16. The third-order valence-electron chi connectivity index (χ3n) is 3.65. The zero-order valence-electron chi connectivity index (χ0n) is 11.5. The summed E-state index contributed by atoms with van der Waals surface area (Å²) in [6.45, 7) is 2.21. The van der Waals surface area contributed by atoms with E-state index in [1.807, 2.05) is 0 Å². The maximum atomic E-state index is 12.3. The van der Waals surface area contributed by atoms with E-state index in [4.69, 9.17) is 5.84 Å². The molecule has 0 aromatic carbocycles. The lowest BCUT2D eigenvalue weighted by atomic mass is 10.0. The summed E-state index contributed by atoms with van der Waals surface area (Å²) >= 11 is 0. The van der Waals surface area contributed by atoms with Crippen LogP contribution >= 0.6 is 0 Å². The predicted octanol–water partition coefficient (Wildman–Crippen LogP) is 1.01. The van der Waals surface area contributed by atoms with E-state index in [9.17, 15) is 8.42 Å². The number of nitrogens with one attached hydrogen (secondary N) is 2. The molecular weight excluding hydrogens is 278 g/mol. The van der Waals surface area contributed by atoms with Crippen molar-refractivity contribution < 1.29 is 8.42 Å². The summed E-state index contributed by atoms with van der Waals surface area (Å²) in [5.74, 6) is 6.01. The van der Waals surface area contributed by atoms with Crippen molar-refractivity contribution in [2.75, 3.05) is 5.43 Å². The van der Waals surface area contributed by atoms with Gasteiger partial charge in [0, 0.05) is 6.04 Å². The summed E-state index contributed by atoms with van der Waals surface area (Å²) in [6.07, 6.45) is 7.54. The monoisotopic (exact) mass is 299 g/mol. The van der Waals surface area contributed by atoms with Gasteiger partial charge in [-0.3, -0.25) is 5.43 Å². The summed E-state index contributed by atoms with van der Waals surface area (Å²) in [5.41, 5.74) is 2.26. The third-order valence-corrected chi connectivity index (χ3v) is 5.12. The number of anilines is 1. The van der Waals surface area contributed by atoms with Gasteiger partial charge in [-0.15, -0.1) is 0 Å². The van der Waals surface area contributed by atoms with Crippen LogP contribution in [0, 0.1) is 5.92 Å². The minimum Gasteiger partial charge on any atom is -0.292 e. The van der Waals surface area contributed by atoms with Crippen LogP contribution in [0.25, 0.3) is 0 Å². The van der Waals surface area contributed by atoms with E-state index < -0.39 is 10.0 Å². The second-order valence-corrected chi connectivity index (χ2v) is 7.03. The highest BCUT2D eigenvalue weighted by Crippen LogP contribution is 2.23. The molecule has 0 aliphatic heterocycles. The molecule has 0 radical (unpaired) electrons. The topological polar surface area (TPSA) is 110 Å². The number of nitrogen functional groups attached to an aromatic ring is 1. The first-order valence-electron chi connectivity index (χ1n) is 6.82. The zero-order valence-corrected chi connectivity index (χ0v) is 12.4. The molecule has 1 aromatic rings. The molecule has 0 amide bonds. The van der Waals surface area contributed by atoms with Crippen LogP contribution in [0.4, 0.5) is 5.95 Å². The molecule has 1 heterocycles. The highest BCUT2D eigenvalue weighted by Gasteiger charge is 2.23. The van der Waals surface area contributed by atoms with Crippen molar-refractivity contribution in [3.63, 3.8) is 0 Å². The van der Waals surface area contributed by atoms with Gasteiger partial charge in [0.25, 0.3) is 0 Å². The Morgan fingerprint density at radius 3 is 2.55 bits per heavy atom. The number of sulfonamides is 1. The molecular formula is C12H21N5O2S. The van der Waals surface area contributed by atoms with Crippen LogP contribution < -0.4 is 16.0 Å². The molecule has 1 saturated carbocycles. The molecule has 2 rings (SSSR count). The van der Waals surface area contributed by atoms with Gasteiger partial charge in [0.2, 0.25) is 16.0 Å². The van der Waals surface area contributed by atoms with Crippen LogP contribution in [-0.4, -0.2) is 24.4 Å². The van der Waals surface area contributed by atoms with Crippen molar-refractivity contribution in [3.05, 3.63) is 12.4 Å². The van der Waals surface area contributed by atoms with Crippen molar-refractivity contribution in [1.29, 1.82) is 0 Å². The molecule has 112 valence electrons. The second kappa shape index (κ2) is 6.47. The number of hydrazine groups is 1. The summed E-state index contributed by atoms with van der Waals surface area (Å²) < 4.78 is 27.3. The summed E-state index contributed by atoms with van der Waals surface area (Å²) in [4.78, 5) is 7.71. The number of hydrogen-bond donors (Lipinski definition) is 3. The van der Waals surface area contributed by atoms with Gasteiger partial charge in [-0.1, -0.05) is 19.8 Å². The molecule has 1 fully saturated rings. The van der Waals surface area contributed by atoms with Gasteiger partial charge in [0.1, 0.15) is 4.90 Å². The van der Waals surface area contributed by atoms with Gasteiger partial charge in [0.05, 0.1) is 12.4 Å². The average molecular weight is 299 g/mol. The van der Waals surface area contributed by atoms with Gasteiger partial charge >= 0.3 is 0 Å². The van der Waals surface area contributed by atoms with E-state index in [1.165, 1.54) is 12.4 Å². The minimum absolute atomic E-state index is 0.00254. The van der Waals surface area contributed by atoms with Crippen molar-refractivity contribution >= 4 is 16.0 Å². The first-order chi connectivity index (χ1) is 9.51. The Kier molecular flexibility index (Phi) is 4.90. The Morgan fingerprint density at radius 1 is 1.20 bits per heavy atom. The highest BCUT2D eigenvalue weighted by atomic mass is 32.2. The Balaban J connectivity index is 2.05. The molecule has 1 aromatic heterocycles. The number of nitrogens with zero attached hydrogens (tertiary/aromatic N) is 2. The van der Waals surface area contributed by atoms with Gasteiger partial charge in [-0.05, 0) is 25.2 Å². The van der Waals surface area contributed by atoms with Crippen LogP contribution in [0.2, 0.25) is 0 Å². The molecule has 0 bridgehead atoms. The molecule has 7 nitrogen and oxygen atoms in total. The zero-order chi connectivity index (χ0) is 14.6. The quantitative estimate of drug-likeness (QED) is 0.435. The maximum Gasteiger partial charge on any atom is 0.243 e. The summed E-state index contributed by atoms with van der Waals surface area (Å²) in [5, 5.41) is 0. The lowest BCUT2D eigenvalue weighted by molar-refractivity contribution is 0.484. The van der Waals surface area contributed by atoms with E-state index in [2.05, 4.69) is 27.0 Å². The van der Waals surface area contributed by atoms with Gasteiger partial charge < -0.3 is 0 Å². The molecule has 4 N–H and O–H groups in total. The van der Waals surface area contributed by atoms with Crippen molar-refractivity contribution in [1.82, 2.24) is 14.7 Å². The predicted molar refractivity (Wildman–Crippen MR) is 76.2 cm³/mol. The molecule has 8 heteroatoms. The molecule has 2 unspecified atom stereocenters. The summed E-state index contributed by atoms with van der Waals surface area (Å²) in [7, 11) is -3.56. The summed E-state index contributed by atoms with van der Waals surface area (Å²) in [6, 6.07) is -0.00254. The molecule has 1 aliphatic carbocycles. The molecule has 0 spiro atoms. The number of hydrogen-bond acceptors (Lipinski definition) is 6. The largest absolute Gasteiger partial charge is 0.292 e. The SMILES string of the molecule is CC1CCCC(NS(=O)(=O)c2cnc(NN)nc2)CC1. The van der Waals surface area contributed by atoms with Crippen LogP contribution in [0.5, 0.6) is 0 Å². The number of aromatic nitrogens is 2.